The molecule has 1 aromatic heterocycles. The van der Waals surface area contributed by atoms with E-state index in [0.717, 1.165) is 16.3 Å². The third-order valence-corrected chi connectivity index (χ3v) is 5.37. The molecule has 1 aliphatic rings. The molecule has 0 saturated carbocycles. The Bertz CT molecular complexity index is 904. The number of aryl methyl sites for hydroxylation is 1. The van der Waals surface area contributed by atoms with Crippen LogP contribution in [0.2, 0.25) is 5.02 Å². The van der Waals surface area contributed by atoms with Gasteiger partial charge in [0, 0.05) is 26.2 Å². The number of benzene rings is 2. The predicted molar refractivity (Wildman–Crippen MR) is 100 cm³/mol. The average molecular weight is 355 g/mol. The minimum absolute atomic E-state index is 0.0114. The fourth-order valence-electron chi connectivity index (χ4n) is 2.92. The number of anilines is 2. The molecule has 120 valence electrons. The van der Waals surface area contributed by atoms with Crippen molar-refractivity contribution in [3.05, 3.63) is 81.0 Å². The van der Waals surface area contributed by atoms with Crippen LogP contribution in [0.4, 0.5) is 11.4 Å². The molecule has 1 atom stereocenters. The third kappa shape index (κ3) is 2.58. The highest BCUT2D eigenvalue weighted by Crippen LogP contribution is 2.38. The van der Waals surface area contributed by atoms with Crippen molar-refractivity contribution in [3.8, 4) is 0 Å². The number of halogens is 1. The molecule has 0 saturated heterocycles. The number of thiophene rings is 1. The second kappa shape index (κ2) is 5.96. The molecule has 0 fully saturated rings. The van der Waals surface area contributed by atoms with Crippen LogP contribution in [0.1, 0.15) is 26.3 Å². The summed E-state index contributed by atoms with van der Waals surface area (Å²) in [6.07, 6.45) is -0.229. The summed E-state index contributed by atoms with van der Waals surface area (Å²) in [5, 5.41) is 4.16. The lowest BCUT2D eigenvalue weighted by Gasteiger charge is -2.37. The van der Waals surface area contributed by atoms with E-state index in [-0.39, 0.29) is 12.1 Å². The lowest BCUT2D eigenvalue weighted by Crippen LogP contribution is -2.42. The van der Waals surface area contributed by atoms with E-state index in [2.05, 4.69) is 24.4 Å². The monoisotopic (exact) mass is 354 g/mol. The fraction of sp³-hybridized carbons (Fsp3) is 0.105. The molecular weight excluding hydrogens is 340 g/mol. The first kappa shape index (κ1) is 15.2. The zero-order valence-electron chi connectivity index (χ0n) is 13.0. The van der Waals surface area contributed by atoms with Gasteiger partial charge in [0.25, 0.3) is 5.91 Å². The van der Waals surface area contributed by atoms with Gasteiger partial charge in [0.1, 0.15) is 6.17 Å². The van der Waals surface area contributed by atoms with Crippen LogP contribution in [-0.2, 0) is 0 Å². The first-order chi connectivity index (χ1) is 11.6. The van der Waals surface area contributed by atoms with E-state index in [4.69, 9.17) is 11.6 Å². The second-order valence-corrected chi connectivity index (χ2v) is 7.45. The summed E-state index contributed by atoms with van der Waals surface area (Å²) in [5.74, 6) is -0.0114. The number of rotatable bonds is 2. The van der Waals surface area contributed by atoms with Gasteiger partial charge in [-0.05, 0) is 55.5 Å². The molecule has 3 nitrogen and oxygen atoms in total. The van der Waals surface area contributed by atoms with Crippen LogP contribution in [0.15, 0.2) is 60.7 Å². The van der Waals surface area contributed by atoms with Crippen LogP contribution in [0.25, 0.3) is 0 Å². The number of hydrogen-bond acceptors (Lipinski definition) is 3. The molecule has 3 aromatic rings. The molecule has 0 bridgehead atoms. The van der Waals surface area contributed by atoms with Crippen molar-refractivity contribution in [2.45, 2.75) is 13.1 Å². The Labute approximate surface area is 149 Å². The molecule has 4 rings (SSSR count). The number of amides is 1. The van der Waals surface area contributed by atoms with Crippen molar-refractivity contribution in [2.75, 3.05) is 10.2 Å². The SMILES string of the molecule is Cc1ccc([C@H]2Nc3ccccc3C(=O)N2c2ccc(Cl)cc2)s1. The largest absolute Gasteiger partial charge is 0.360 e. The molecule has 1 N–H and O–H groups in total. The van der Waals surface area contributed by atoms with Crippen molar-refractivity contribution >= 4 is 40.2 Å². The zero-order valence-corrected chi connectivity index (χ0v) is 14.6. The number of nitrogens with zero attached hydrogens (tertiary/aromatic N) is 1. The Balaban J connectivity index is 1.85. The molecule has 2 heterocycles. The minimum Gasteiger partial charge on any atom is -0.360 e. The zero-order chi connectivity index (χ0) is 16.7. The van der Waals surface area contributed by atoms with Gasteiger partial charge in [0.15, 0.2) is 0 Å². The van der Waals surface area contributed by atoms with Gasteiger partial charge in [-0.3, -0.25) is 9.69 Å². The number of para-hydroxylation sites is 1. The van der Waals surface area contributed by atoms with E-state index in [1.165, 1.54) is 4.88 Å². The van der Waals surface area contributed by atoms with Crippen molar-refractivity contribution in [2.24, 2.45) is 0 Å². The van der Waals surface area contributed by atoms with Gasteiger partial charge in [-0.1, -0.05) is 23.7 Å². The van der Waals surface area contributed by atoms with E-state index in [0.29, 0.717) is 10.6 Å². The van der Waals surface area contributed by atoms with Gasteiger partial charge in [-0.25, -0.2) is 0 Å². The number of carbonyl (C=O) groups excluding carboxylic acids is 1. The first-order valence-corrected chi connectivity index (χ1v) is 8.84. The molecular formula is C19H15ClN2OS. The number of hydrogen-bond donors (Lipinski definition) is 1. The van der Waals surface area contributed by atoms with Gasteiger partial charge in [0.05, 0.1) is 5.56 Å². The topological polar surface area (TPSA) is 32.3 Å². The summed E-state index contributed by atoms with van der Waals surface area (Å²) >= 11 is 7.70. The van der Waals surface area contributed by atoms with Crippen molar-refractivity contribution < 1.29 is 4.79 Å². The summed E-state index contributed by atoms with van der Waals surface area (Å²) in [7, 11) is 0. The normalized spacial score (nSPS) is 16.7. The molecule has 1 aliphatic heterocycles. The van der Waals surface area contributed by atoms with Crippen LogP contribution in [0.5, 0.6) is 0 Å². The highest BCUT2D eigenvalue weighted by molar-refractivity contribution is 7.12. The molecule has 0 aliphatic carbocycles. The third-order valence-electron chi connectivity index (χ3n) is 4.06. The maximum absolute atomic E-state index is 13.2. The van der Waals surface area contributed by atoms with Crippen LogP contribution in [0, 0.1) is 6.92 Å². The van der Waals surface area contributed by atoms with Crippen LogP contribution in [-0.4, -0.2) is 5.91 Å². The van der Waals surface area contributed by atoms with E-state index in [1.807, 2.05) is 36.4 Å². The van der Waals surface area contributed by atoms with E-state index < -0.39 is 0 Å². The predicted octanol–water partition coefficient (Wildman–Crippen LogP) is 5.48. The summed E-state index contributed by atoms with van der Waals surface area (Å²) in [4.78, 5) is 17.3. The van der Waals surface area contributed by atoms with Crippen LogP contribution in [0.3, 0.4) is 0 Å². The number of nitrogens with one attached hydrogen (secondary N) is 1. The van der Waals surface area contributed by atoms with Gasteiger partial charge in [0.2, 0.25) is 0 Å². The minimum atomic E-state index is -0.229. The van der Waals surface area contributed by atoms with Gasteiger partial charge in [-0.15, -0.1) is 11.3 Å². The Morgan fingerprint density at radius 3 is 2.50 bits per heavy atom. The summed E-state index contributed by atoms with van der Waals surface area (Å²) in [5.41, 5.74) is 2.36. The van der Waals surface area contributed by atoms with Crippen molar-refractivity contribution in [1.29, 1.82) is 0 Å². The summed E-state index contributed by atoms with van der Waals surface area (Å²) < 4.78 is 0. The summed E-state index contributed by atoms with van der Waals surface area (Å²) in [6.45, 7) is 2.07. The lowest BCUT2D eigenvalue weighted by atomic mass is 10.1. The molecule has 24 heavy (non-hydrogen) atoms. The Kier molecular flexibility index (Phi) is 3.79. The second-order valence-electron chi connectivity index (χ2n) is 5.69. The lowest BCUT2D eigenvalue weighted by molar-refractivity contribution is 0.0975. The first-order valence-electron chi connectivity index (χ1n) is 7.64. The molecule has 0 unspecified atom stereocenters. The maximum Gasteiger partial charge on any atom is 0.262 e. The smallest absolute Gasteiger partial charge is 0.262 e. The van der Waals surface area contributed by atoms with Crippen molar-refractivity contribution in [1.82, 2.24) is 0 Å². The van der Waals surface area contributed by atoms with E-state index >= 15 is 0 Å². The van der Waals surface area contributed by atoms with Gasteiger partial charge < -0.3 is 5.32 Å². The maximum atomic E-state index is 13.2. The summed E-state index contributed by atoms with van der Waals surface area (Å²) in [6, 6.07) is 19.1. The molecule has 5 heteroatoms. The molecule has 0 spiro atoms. The standard InChI is InChI=1S/C19H15ClN2OS/c1-12-6-11-17(24-12)18-21-16-5-3-2-4-15(16)19(23)22(18)14-9-7-13(20)8-10-14/h2-11,18,21H,1H3/t18-/m0/s1. The highest BCUT2D eigenvalue weighted by Gasteiger charge is 2.34. The quantitative estimate of drug-likeness (QED) is 0.660. The highest BCUT2D eigenvalue weighted by atomic mass is 35.5. The number of carbonyl (C=O) groups is 1. The Morgan fingerprint density at radius 1 is 1.04 bits per heavy atom. The van der Waals surface area contributed by atoms with Gasteiger partial charge in [-0.2, -0.15) is 0 Å². The Morgan fingerprint density at radius 2 is 1.79 bits per heavy atom. The van der Waals surface area contributed by atoms with Crippen molar-refractivity contribution in [3.63, 3.8) is 0 Å². The molecule has 1 amide bonds. The Hall–Kier alpha value is -2.30. The number of fused-ring (bicyclic) bond motifs is 1. The van der Waals surface area contributed by atoms with E-state index in [1.54, 1.807) is 28.4 Å². The van der Waals surface area contributed by atoms with Crippen LogP contribution < -0.4 is 10.2 Å². The molecule has 2 aromatic carbocycles. The molecule has 0 radical (unpaired) electrons. The van der Waals surface area contributed by atoms with E-state index in [9.17, 15) is 4.79 Å². The van der Waals surface area contributed by atoms with Crippen LogP contribution >= 0.6 is 22.9 Å². The average Bonchev–Trinajstić information content (AvgIpc) is 3.02. The fourth-order valence-corrected chi connectivity index (χ4v) is 3.97. The van der Waals surface area contributed by atoms with Gasteiger partial charge >= 0.3 is 0 Å².